The largest absolute Gasteiger partial charge is 0.507 e. The molecule has 0 fully saturated rings. The van der Waals surface area contributed by atoms with Gasteiger partial charge in [0.2, 0.25) is 0 Å². The molecular formula is C22H26O3. The predicted molar refractivity (Wildman–Crippen MR) is 101 cm³/mol. The van der Waals surface area contributed by atoms with Gasteiger partial charge in [0.1, 0.15) is 5.75 Å². The molecule has 2 rings (SSSR count). The molecule has 1 atom stereocenters. The summed E-state index contributed by atoms with van der Waals surface area (Å²) in [7, 11) is 0. The molecule has 0 radical (unpaired) electrons. The summed E-state index contributed by atoms with van der Waals surface area (Å²) in [6.07, 6.45) is 4.62. The zero-order valence-corrected chi connectivity index (χ0v) is 14.9. The van der Waals surface area contributed by atoms with Crippen LogP contribution in [0.3, 0.4) is 0 Å². The second-order valence-electron chi connectivity index (χ2n) is 6.44. The van der Waals surface area contributed by atoms with Gasteiger partial charge in [-0.2, -0.15) is 0 Å². The maximum absolute atomic E-state index is 12.0. The van der Waals surface area contributed by atoms with Gasteiger partial charge in [-0.15, -0.1) is 0 Å². The lowest BCUT2D eigenvalue weighted by molar-refractivity contribution is -0.139. The minimum Gasteiger partial charge on any atom is -0.507 e. The Labute approximate surface area is 150 Å². The molecule has 0 bridgehead atoms. The van der Waals surface area contributed by atoms with E-state index in [1.165, 1.54) is 5.56 Å². The van der Waals surface area contributed by atoms with Gasteiger partial charge in [0.05, 0.1) is 6.61 Å². The molecule has 0 spiro atoms. The van der Waals surface area contributed by atoms with Gasteiger partial charge in [-0.3, -0.25) is 0 Å². The Morgan fingerprint density at radius 3 is 2.48 bits per heavy atom. The monoisotopic (exact) mass is 338 g/mol. The van der Waals surface area contributed by atoms with Crippen molar-refractivity contribution in [3.8, 4) is 5.75 Å². The van der Waals surface area contributed by atoms with Crippen molar-refractivity contribution in [3.05, 3.63) is 71.3 Å². The van der Waals surface area contributed by atoms with Crippen LogP contribution in [0.25, 0.3) is 6.08 Å². The minimum absolute atomic E-state index is 0.157. The molecule has 1 N–H and O–H groups in total. The number of aryl methyl sites for hydroxylation is 1. The van der Waals surface area contributed by atoms with E-state index < -0.39 is 0 Å². The van der Waals surface area contributed by atoms with E-state index in [9.17, 15) is 9.90 Å². The summed E-state index contributed by atoms with van der Waals surface area (Å²) in [6, 6.07) is 17.3. The fourth-order valence-electron chi connectivity index (χ4n) is 2.57. The molecular weight excluding hydrogens is 312 g/mol. The van der Waals surface area contributed by atoms with Crippen LogP contribution in [0.15, 0.2) is 60.2 Å². The molecule has 3 nitrogen and oxygen atoms in total. The molecule has 0 amide bonds. The lowest BCUT2D eigenvalue weighted by Gasteiger charge is -2.12. The van der Waals surface area contributed by atoms with Crippen LogP contribution in [-0.4, -0.2) is 17.7 Å². The molecule has 1 unspecified atom stereocenters. The highest BCUT2D eigenvalue weighted by molar-refractivity contribution is 5.93. The quantitative estimate of drug-likeness (QED) is 0.544. The highest BCUT2D eigenvalue weighted by Crippen LogP contribution is 2.19. The average Bonchev–Trinajstić information content (AvgIpc) is 2.62. The summed E-state index contributed by atoms with van der Waals surface area (Å²) in [5.41, 5.74) is 2.44. The molecule has 0 aliphatic carbocycles. The Hall–Kier alpha value is -2.55. The van der Waals surface area contributed by atoms with Crippen LogP contribution in [0, 0.1) is 5.92 Å². The van der Waals surface area contributed by atoms with E-state index >= 15 is 0 Å². The number of ether oxygens (including phenoxy) is 1. The summed E-state index contributed by atoms with van der Waals surface area (Å²) < 4.78 is 5.35. The zero-order chi connectivity index (χ0) is 18.1. The number of phenols is 1. The van der Waals surface area contributed by atoms with E-state index in [4.69, 9.17) is 4.74 Å². The summed E-state index contributed by atoms with van der Waals surface area (Å²) in [6.45, 7) is 4.30. The van der Waals surface area contributed by atoms with Crippen molar-refractivity contribution >= 4 is 12.0 Å². The molecule has 0 heterocycles. The zero-order valence-electron chi connectivity index (χ0n) is 14.9. The van der Waals surface area contributed by atoms with Gasteiger partial charge in [0.15, 0.2) is 0 Å². The lowest BCUT2D eigenvalue weighted by Crippen LogP contribution is -2.10. The topological polar surface area (TPSA) is 46.5 Å². The molecule has 2 aromatic rings. The van der Waals surface area contributed by atoms with Gasteiger partial charge in [-0.25, -0.2) is 4.79 Å². The lowest BCUT2D eigenvalue weighted by atomic mass is 9.99. The second-order valence-corrected chi connectivity index (χ2v) is 6.44. The molecule has 3 heteroatoms. The number of esters is 1. The minimum atomic E-state index is -0.335. The van der Waals surface area contributed by atoms with Gasteiger partial charge in [-0.05, 0) is 49.8 Å². The van der Waals surface area contributed by atoms with Gasteiger partial charge in [0, 0.05) is 11.1 Å². The molecule has 132 valence electrons. The van der Waals surface area contributed by atoms with Gasteiger partial charge < -0.3 is 9.84 Å². The molecule has 2 aromatic carbocycles. The maximum Gasteiger partial charge on any atom is 0.333 e. The first-order valence-electron chi connectivity index (χ1n) is 8.73. The molecule has 0 aromatic heterocycles. The van der Waals surface area contributed by atoms with Crippen molar-refractivity contribution in [3.63, 3.8) is 0 Å². The molecule has 0 saturated heterocycles. The number of hydrogen-bond acceptors (Lipinski definition) is 3. The Morgan fingerprint density at radius 1 is 1.08 bits per heavy atom. The number of para-hydroxylation sites is 1. The number of rotatable bonds is 8. The Bertz CT molecular complexity index is 704. The number of benzene rings is 2. The van der Waals surface area contributed by atoms with Gasteiger partial charge >= 0.3 is 5.97 Å². The van der Waals surface area contributed by atoms with Crippen molar-refractivity contribution in [2.45, 2.75) is 33.1 Å². The molecule has 0 aliphatic heterocycles. The SMILES string of the molecule is CC(=Cc1ccccc1O)C(=O)OCCC(C)CCc1ccccc1. The Balaban J connectivity index is 1.73. The second kappa shape index (κ2) is 9.67. The van der Waals surface area contributed by atoms with Crippen LogP contribution in [0.1, 0.15) is 37.8 Å². The molecule has 0 saturated carbocycles. The first kappa shape index (κ1) is 18.8. The fraction of sp³-hybridized carbons (Fsp3) is 0.318. The average molecular weight is 338 g/mol. The maximum atomic E-state index is 12.0. The van der Waals surface area contributed by atoms with E-state index in [-0.39, 0.29) is 11.7 Å². The van der Waals surface area contributed by atoms with Crippen molar-refractivity contribution in [1.82, 2.24) is 0 Å². The van der Waals surface area contributed by atoms with E-state index in [1.807, 2.05) is 12.1 Å². The van der Waals surface area contributed by atoms with Crippen LogP contribution in [0.4, 0.5) is 0 Å². The summed E-state index contributed by atoms with van der Waals surface area (Å²) >= 11 is 0. The number of phenolic OH excluding ortho intramolecular Hbond substituents is 1. The van der Waals surface area contributed by atoms with Crippen molar-refractivity contribution in [2.75, 3.05) is 6.61 Å². The van der Waals surface area contributed by atoms with E-state index in [0.717, 1.165) is 19.3 Å². The van der Waals surface area contributed by atoms with Crippen molar-refractivity contribution < 1.29 is 14.6 Å². The van der Waals surface area contributed by atoms with Crippen molar-refractivity contribution in [2.24, 2.45) is 5.92 Å². The number of hydrogen-bond donors (Lipinski definition) is 1. The first-order valence-corrected chi connectivity index (χ1v) is 8.73. The highest BCUT2D eigenvalue weighted by Gasteiger charge is 2.09. The van der Waals surface area contributed by atoms with E-state index in [2.05, 4.69) is 31.2 Å². The number of carbonyl (C=O) groups is 1. The number of aromatic hydroxyl groups is 1. The normalized spacial score (nSPS) is 12.6. The smallest absolute Gasteiger partial charge is 0.333 e. The fourth-order valence-corrected chi connectivity index (χ4v) is 2.57. The number of carbonyl (C=O) groups excluding carboxylic acids is 1. The van der Waals surface area contributed by atoms with Crippen LogP contribution in [0.5, 0.6) is 5.75 Å². The summed E-state index contributed by atoms with van der Waals surface area (Å²) in [5.74, 6) is 0.318. The summed E-state index contributed by atoms with van der Waals surface area (Å²) in [4.78, 5) is 12.0. The first-order chi connectivity index (χ1) is 12.1. The highest BCUT2D eigenvalue weighted by atomic mass is 16.5. The molecule has 25 heavy (non-hydrogen) atoms. The third-order valence-electron chi connectivity index (χ3n) is 4.24. The Kier molecular flexibility index (Phi) is 7.27. The van der Waals surface area contributed by atoms with Crippen molar-refractivity contribution in [1.29, 1.82) is 0 Å². The third kappa shape index (κ3) is 6.46. The summed E-state index contributed by atoms with van der Waals surface area (Å²) in [5, 5.41) is 9.75. The van der Waals surface area contributed by atoms with Gasteiger partial charge in [-0.1, -0.05) is 55.5 Å². The van der Waals surface area contributed by atoms with E-state index in [0.29, 0.717) is 23.7 Å². The van der Waals surface area contributed by atoms with Crippen LogP contribution >= 0.6 is 0 Å². The van der Waals surface area contributed by atoms with Crippen LogP contribution in [-0.2, 0) is 16.0 Å². The van der Waals surface area contributed by atoms with Crippen LogP contribution < -0.4 is 0 Å². The van der Waals surface area contributed by atoms with Gasteiger partial charge in [0.25, 0.3) is 0 Å². The Morgan fingerprint density at radius 2 is 1.76 bits per heavy atom. The van der Waals surface area contributed by atoms with E-state index in [1.54, 1.807) is 31.2 Å². The molecule has 0 aliphatic rings. The standard InChI is InChI=1S/C22H26O3/c1-17(12-13-19-8-4-3-5-9-19)14-15-25-22(24)18(2)16-20-10-6-7-11-21(20)23/h3-11,16-17,23H,12-15H2,1-2H3. The predicted octanol–water partition coefficient (Wildman–Crippen LogP) is 5.00. The third-order valence-corrected chi connectivity index (χ3v) is 4.24. The van der Waals surface area contributed by atoms with Crippen LogP contribution in [0.2, 0.25) is 0 Å².